The first-order chi connectivity index (χ1) is 8.31. The van der Waals surface area contributed by atoms with Crippen LogP contribution in [0.3, 0.4) is 0 Å². The van der Waals surface area contributed by atoms with Gasteiger partial charge in [0.1, 0.15) is 0 Å². The lowest BCUT2D eigenvalue weighted by molar-refractivity contribution is -0.00881. The third kappa shape index (κ3) is 4.21. The maximum Gasteiger partial charge on any atom is 0.0826 e. The van der Waals surface area contributed by atoms with Gasteiger partial charge >= 0.3 is 0 Å². The maximum atomic E-state index is 5.79. The van der Waals surface area contributed by atoms with Crippen molar-refractivity contribution in [1.82, 2.24) is 10.2 Å². The Kier molecular flexibility index (Phi) is 5.22. The van der Waals surface area contributed by atoms with E-state index in [2.05, 4.69) is 17.1 Å². The Bertz CT molecular complexity index is 215. The standard InChI is InChI=1S/C13H26N2O2/c1-11(12-3-4-12)15(6-8-16-2)10-13-9-14-5-7-17-13/h11-14H,3-10H2,1-2H3. The van der Waals surface area contributed by atoms with Crippen molar-refractivity contribution in [2.24, 2.45) is 5.92 Å². The summed E-state index contributed by atoms with van der Waals surface area (Å²) in [7, 11) is 1.78. The lowest BCUT2D eigenvalue weighted by atomic mass is 10.1. The van der Waals surface area contributed by atoms with E-state index in [1.807, 2.05) is 0 Å². The molecular formula is C13H26N2O2. The van der Waals surface area contributed by atoms with Gasteiger partial charge in [-0.25, -0.2) is 0 Å². The molecule has 0 radical (unpaired) electrons. The molecule has 2 fully saturated rings. The minimum absolute atomic E-state index is 0.349. The van der Waals surface area contributed by atoms with Crippen molar-refractivity contribution in [1.29, 1.82) is 0 Å². The lowest BCUT2D eigenvalue weighted by Crippen LogP contribution is -2.48. The van der Waals surface area contributed by atoms with E-state index < -0.39 is 0 Å². The Hall–Kier alpha value is -0.160. The highest BCUT2D eigenvalue weighted by molar-refractivity contribution is 4.86. The van der Waals surface area contributed by atoms with Crippen molar-refractivity contribution in [2.75, 3.05) is 46.5 Å². The Morgan fingerprint density at radius 3 is 2.88 bits per heavy atom. The number of methoxy groups -OCH3 is 1. The summed E-state index contributed by atoms with van der Waals surface area (Å²) >= 11 is 0. The molecule has 0 bridgehead atoms. The van der Waals surface area contributed by atoms with Crippen molar-refractivity contribution in [2.45, 2.75) is 31.9 Å². The second-order valence-electron chi connectivity index (χ2n) is 5.26. The minimum atomic E-state index is 0.349. The fourth-order valence-electron chi connectivity index (χ4n) is 2.55. The first-order valence-corrected chi connectivity index (χ1v) is 6.86. The second kappa shape index (κ2) is 6.69. The van der Waals surface area contributed by atoms with Gasteiger partial charge in [-0.3, -0.25) is 4.90 Å². The van der Waals surface area contributed by atoms with Crippen LogP contribution in [0.2, 0.25) is 0 Å². The number of ether oxygens (including phenoxy) is 2. The summed E-state index contributed by atoms with van der Waals surface area (Å²) in [6.07, 6.45) is 3.14. The van der Waals surface area contributed by atoms with Crippen LogP contribution in [0, 0.1) is 5.92 Å². The van der Waals surface area contributed by atoms with Crippen LogP contribution < -0.4 is 5.32 Å². The Morgan fingerprint density at radius 1 is 1.47 bits per heavy atom. The number of nitrogens with one attached hydrogen (secondary N) is 1. The molecule has 0 spiro atoms. The number of nitrogens with zero attached hydrogens (tertiary/aromatic N) is 1. The van der Waals surface area contributed by atoms with Crippen molar-refractivity contribution < 1.29 is 9.47 Å². The SMILES string of the molecule is COCCN(CC1CNCCO1)C(C)C1CC1. The molecule has 0 amide bonds. The van der Waals surface area contributed by atoms with Gasteiger partial charge in [0, 0.05) is 39.3 Å². The number of rotatable bonds is 7. The maximum absolute atomic E-state index is 5.79. The van der Waals surface area contributed by atoms with E-state index in [9.17, 15) is 0 Å². The Morgan fingerprint density at radius 2 is 2.29 bits per heavy atom. The third-order valence-corrected chi connectivity index (χ3v) is 3.91. The highest BCUT2D eigenvalue weighted by Crippen LogP contribution is 2.35. The zero-order valence-electron chi connectivity index (χ0n) is 11.2. The predicted octanol–water partition coefficient (Wildman–Crippen LogP) is 0.722. The van der Waals surface area contributed by atoms with Crippen molar-refractivity contribution in [3.63, 3.8) is 0 Å². The van der Waals surface area contributed by atoms with E-state index in [1.165, 1.54) is 12.8 Å². The molecule has 17 heavy (non-hydrogen) atoms. The lowest BCUT2D eigenvalue weighted by Gasteiger charge is -2.34. The van der Waals surface area contributed by atoms with Crippen LogP contribution in [0.5, 0.6) is 0 Å². The van der Waals surface area contributed by atoms with Gasteiger partial charge in [-0.2, -0.15) is 0 Å². The largest absolute Gasteiger partial charge is 0.383 e. The van der Waals surface area contributed by atoms with Gasteiger partial charge < -0.3 is 14.8 Å². The number of hydrogen-bond donors (Lipinski definition) is 1. The van der Waals surface area contributed by atoms with Gasteiger partial charge in [-0.15, -0.1) is 0 Å². The van der Waals surface area contributed by atoms with Crippen molar-refractivity contribution in [3.05, 3.63) is 0 Å². The average Bonchev–Trinajstić information content (AvgIpc) is 3.19. The molecule has 0 aromatic heterocycles. The molecule has 1 saturated carbocycles. The van der Waals surface area contributed by atoms with E-state index in [4.69, 9.17) is 9.47 Å². The van der Waals surface area contributed by atoms with E-state index in [-0.39, 0.29) is 0 Å². The van der Waals surface area contributed by atoms with Crippen molar-refractivity contribution >= 4 is 0 Å². The van der Waals surface area contributed by atoms with Crippen LogP contribution in [0.4, 0.5) is 0 Å². The normalized spacial score (nSPS) is 27.4. The van der Waals surface area contributed by atoms with Crippen LogP contribution in [0.25, 0.3) is 0 Å². The van der Waals surface area contributed by atoms with Crippen LogP contribution in [0.1, 0.15) is 19.8 Å². The van der Waals surface area contributed by atoms with Crippen LogP contribution in [0.15, 0.2) is 0 Å². The summed E-state index contributed by atoms with van der Waals surface area (Å²) in [5.74, 6) is 0.906. The van der Waals surface area contributed by atoms with Gasteiger partial charge in [0.05, 0.1) is 19.3 Å². The molecule has 1 N–H and O–H groups in total. The van der Waals surface area contributed by atoms with E-state index >= 15 is 0 Å². The molecule has 1 aliphatic heterocycles. The van der Waals surface area contributed by atoms with Crippen LogP contribution >= 0.6 is 0 Å². The molecule has 2 aliphatic rings. The Labute approximate surface area is 105 Å². The average molecular weight is 242 g/mol. The highest BCUT2D eigenvalue weighted by atomic mass is 16.5. The third-order valence-electron chi connectivity index (χ3n) is 3.91. The fraction of sp³-hybridized carbons (Fsp3) is 1.00. The van der Waals surface area contributed by atoms with Gasteiger partial charge in [-0.05, 0) is 25.7 Å². The molecule has 1 aliphatic carbocycles. The molecular weight excluding hydrogens is 216 g/mol. The van der Waals surface area contributed by atoms with E-state index in [0.717, 1.165) is 45.3 Å². The fourth-order valence-corrected chi connectivity index (χ4v) is 2.55. The molecule has 1 heterocycles. The van der Waals surface area contributed by atoms with Crippen LogP contribution in [-0.2, 0) is 9.47 Å². The first kappa shape index (κ1) is 13.3. The predicted molar refractivity (Wildman–Crippen MR) is 68.2 cm³/mol. The zero-order valence-corrected chi connectivity index (χ0v) is 11.2. The molecule has 2 rings (SSSR count). The van der Waals surface area contributed by atoms with Gasteiger partial charge in [0.15, 0.2) is 0 Å². The molecule has 2 unspecified atom stereocenters. The highest BCUT2D eigenvalue weighted by Gasteiger charge is 2.33. The zero-order chi connectivity index (χ0) is 12.1. The molecule has 0 aromatic rings. The summed E-state index contributed by atoms with van der Waals surface area (Å²) in [4.78, 5) is 2.54. The first-order valence-electron chi connectivity index (χ1n) is 6.86. The van der Waals surface area contributed by atoms with E-state index in [1.54, 1.807) is 7.11 Å². The van der Waals surface area contributed by atoms with Gasteiger partial charge in [0.25, 0.3) is 0 Å². The summed E-state index contributed by atoms with van der Waals surface area (Å²) in [5.41, 5.74) is 0. The van der Waals surface area contributed by atoms with Gasteiger partial charge in [0.2, 0.25) is 0 Å². The number of morpholine rings is 1. The summed E-state index contributed by atoms with van der Waals surface area (Å²) in [5, 5.41) is 3.40. The van der Waals surface area contributed by atoms with Crippen molar-refractivity contribution in [3.8, 4) is 0 Å². The van der Waals surface area contributed by atoms with E-state index in [0.29, 0.717) is 12.1 Å². The van der Waals surface area contributed by atoms with Crippen LogP contribution in [-0.4, -0.2) is 63.5 Å². The smallest absolute Gasteiger partial charge is 0.0826 e. The molecule has 100 valence electrons. The summed E-state index contributed by atoms with van der Waals surface area (Å²) < 4.78 is 11.0. The molecule has 1 saturated heterocycles. The quantitative estimate of drug-likeness (QED) is 0.713. The Balaban J connectivity index is 1.80. The minimum Gasteiger partial charge on any atom is -0.383 e. The summed E-state index contributed by atoms with van der Waals surface area (Å²) in [6.45, 7) is 8.05. The molecule has 2 atom stereocenters. The summed E-state index contributed by atoms with van der Waals surface area (Å²) in [6, 6.07) is 0.677. The topological polar surface area (TPSA) is 33.7 Å². The monoisotopic (exact) mass is 242 g/mol. The van der Waals surface area contributed by atoms with Gasteiger partial charge in [-0.1, -0.05) is 0 Å². The molecule has 4 heteroatoms. The molecule has 0 aromatic carbocycles. The number of hydrogen-bond acceptors (Lipinski definition) is 4. The second-order valence-corrected chi connectivity index (χ2v) is 5.26. The molecule has 4 nitrogen and oxygen atoms in total.